The molecule has 1 spiro atoms. The number of nitrogens with two attached hydrogens (primary N) is 1. The molecule has 2 saturated heterocycles. The lowest BCUT2D eigenvalue weighted by Crippen LogP contribution is -2.64. The first-order chi connectivity index (χ1) is 17.5. The van der Waals surface area contributed by atoms with Crippen LogP contribution in [-0.4, -0.2) is 63.9 Å². The van der Waals surface area contributed by atoms with Crippen molar-refractivity contribution in [2.45, 2.75) is 101 Å². The molecule has 2 unspecified atom stereocenters. The van der Waals surface area contributed by atoms with Gasteiger partial charge in [0.05, 0.1) is 29.5 Å². The molecule has 1 aliphatic carbocycles. The van der Waals surface area contributed by atoms with E-state index in [4.69, 9.17) is 22.1 Å². The highest BCUT2D eigenvalue weighted by atomic mass is 35.5. The second-order valence-electron chi connectivity index (χ2n) is 10.8. The van der Waals surface area contributed by atoms with Crippen molar-refractivity contribution in [2.75, 3.05) is 25.4 Å². The SMILES string of the molecule is Nc1nn2cc(Cl)cnc2c1C(=O)NC1CNC2(CCCCCCCCC2)CC1OC1CCNCC1. The van der Waals surface area contributed by atoms with Gasteiger partial charge in [-0.3, -0.25) is 4.79 Å². The minimum atomic E-state index is -0.273. The average Bonchev–Trinajstić information content (AvgIpc) is 3.20. The summed E-state index contributed by atoms with van der Waals surface area (Å²) in [6.45, 7) is 2.63. The number of nitrogens with zero attached hydrogens (tertiary/aromatic N) is 3. The molecule has 198 valence electrons. The second kappa shape index (κ2) is 11.6. The molecule has 10 heteroatoms. The van der Waals surface area contributed by atoms with E-state index in [0.29, 0.717) is 17.2 Å². The molecule has 2 aromatic heterocycles. The van der Waals surface area contributed by atoms with Crippen molar-refractivity contribution in [3.63, 3.8) is 0 Å². The van der Waals surface area contributed by atoms with Gasteiger partial charge in [-0.15, -0.1) is 5.10 Å². The maximum absolute atomic E-state index is 13.5. The lowest BCUT2D eigenvalue weighted by atomic mass is 9.76. The van der Waals surface area contributed by atoms with E-state index in [9.17, 15) is 4.79 Å². The summed E-state index contributed by atoms with van der Waals surface area (Å²) in [5.74, 6) is -0.129. The Labute approximate surface area is 218 Å². The molecule has 3 aliphatic rings. The summed E-state index contributed by atoms with van der Waals surface area (Å²) in [6, 6.07) is -0.157. The number of aromatic nitrogens is 3. The van der Waals surface area contributed by atoms with Crippen molar-refractivity contribution in [2.24, 2.45) is 0 Å². The van der Waals surface area contributed by atoms with Crippen LogP contribution in [0.1, 0.15) is 87.4 Å². The van der Waals surface area contributed by atoms with E-state index < -0.39 is 0 Å². The van der Waals surface area contributed by atoms with Crippen molar-refractivity contribution in [3.8, 4) is 0 Å². The van der Waals surface area contributed by atoms with Crippen LogP contribution in [0.2, 0.25) is 5.02 Å². The van der Waals surface area contributed by atoms with E-state index in [1.165, 1.54) is 68.5 Å². The second-order valence-corrected chi connectivity index (χ2v) is 11.3. The monoisotopic (exact) mass is 517 g/mol. The zero-order chi connectivity index (χ0) is 25.0. The molecule has 2 aromatic rings. The number of fused-ring (bicyclic) bond motifs is 1. The molecule has 0 radical (unpaired) electrons. The number of piperidine rings is 2. The number of carbonyl (C=O) groups is 1. The first kappa shape index (κ1) is 25.7. The summed E-state index contributed by atoms with van der Waals surface area (Å²) in [5.41, 5.74) is 6.90. The molecule has 1 amide bonds. The fraction of sp³-hybridized carbons (Fsp3) is 0.731. The summed E-state index contributed by atoms with van der Waals surface area (Å²) in [6.07, 6.45) is 17.7. The number of halogens is 1. The maximum Gasteiger partial charge on any atom is 0.259 e. The molecular formula is C26H40ClN7O2. The summed E-state index contributed by atoms with van der Waals surface area (Å²) in [4.78, 5) is 17.8. The number of hydrogen-bond donors (Lipinski definition) is 4. The highest BCUT2D eigenvalue weighted by Gasteiger charge is 2.42. The van der Waals surface area contributed by atoms with E-state index in [1.807, 2.05) is 0 Å². The van der Waals surface area contributed by atoms with E-state index >= 15 is 0 Å². The van der Waals surface area contributed by atoms with Crippen LogP contribution >= 0.6 is 11.6 Å². The summed E-state index contributed by atoms with van der Waals surface area (Å²) in [7, 11) is 0. The average molecular weight is 518 g/mol. The highest BCUT2D eigenvalue weighted by molar-refractivity contribution is 6.30. The van der Waals surface area contributed by atoms with Gasteiger partial charge in [-0.25, -0.2) is 9.50 Å². The third-order valence-electron chi connectivity index (χ3n) is 8.21. The molecule has 36 heavy (non-hydrogen) atoms. The largest absolute Gasteiger partial charge is 0.381 e. The molecule has 5 rings (SSSR count). The Morgan fingerprint density at radius 1 is 1.14 bits per heavy atom. The van der Waals surface area contributed by atoms with E-state index in [1.54, 1.807) is 6.20 Å². The van der Waals surface area contributed by atoms with Gasteiger partial charge in [-0.1, -0.05) is 56.5 Å². The number of carbonyl (C=O) groups excluding carboxylic acids is 1. The molecule has 2 atom stereocenters. The van der Waals surface area contributed by atoms with Gasteiger partial charge in [0, 0.05) is 18.3 Å². The minimum absolute atomic E-state index is 0.0493. The fourth-order valence-electron chi connectivity index (χ4n) is 6.23. The Hall–Kier alpha value is -1.94. The normalized spacial score (nSPS) is 26.1. The molecular weight excluding hydrogens is 478 g/mol. The fourth-order valence-corrected chi connectivity index (χ4v) is 6.37. The van der Waals surface area contributed by atoms with Gasteiger partial charge in [0.2, 0.25) is 0 Å². The van der Waals surface area contributed by atoms with Crippen LogP contribution in [-0.2, 0) is 4.74 Å². The highest BCUT2D eigenvalue weighted by Crippen LogP contribution is 2.34. The summed E-state index contributed by atoms with van der Waals surface area (Å²) < 4.78 is 8.23. The van der Waals surface area contributed by atoms with Crippen LogP contribution in [0.3, 0.4) is 0 Å². The van der Waals surface area contributed by atoms with Gasteiger partial charge in [-0.05, 0) is 45.2 Å². The van der Waals surface area contributed by atoms with Gasteiger partial charge >= 0.3 is 0 Å². The molecule has 4 heterocycles. The minimum Gasteiger partial charge on any atom is -0.381 e. The van der Waals surface area contributed by atoms with E-state index in [-0.39, 0.29) is 41.1 Å². The standard InChI is InChI=1S/C26H40ClN7O2/c27-18-15-30-24-22(23(28)33-34(24)17-18)25(35)32-20-16-31-26(10-6-4-2-1-3-5-7-11-26)14-21(20)36-19-8-12-29-13-9-19/h15,17,19-21,29,31H,1-14,16H2,(H2,28,33)(H,32,35). The Morgan fingerprint density at radius 3 is 2.56 bits per heavy atom. The topological polar surface area (TPSA) is 119 Å². The zero-order valence-corrected chi connectivity index (χ0v) is 21.9. The number of anilines is 1. The molecule has 9 nitrogen and oxygen atoms in total. The van der Waals surface area contributed by atoms with Crippen molar-refractivity contribution < 1.29 is 9.53 Å². The number of hydrogen-bond acceptors (Lipinski definition) is 7. The van der Waals surface area contributed by atoms with Gasteiger partial charge in [0.25, 0.3) is 5.91 Å². The molecule has 0 bridgehead atoms. The number of rotatable bonds is 4. The maximum atomic E-state index is 13.5. The Kier molecular flexibility index (Phi) is 8.30. The molecule has 2 aliphatic heterocycles. The lowest BCUT2D eigenvalue weighted by molar-refractivity contribution is -0.0741. The van der Waals surface area contributed by atoms with Gasteiger partial charge in [0.15, 0.2) is 11.5 Å². The molecule has 3 fully saturated rings. The van der Waals surface area contributed by atoms with Crippen LogP contribution in [0.25, 0.3) is 5.65 Å². The third-order valence-corrected chi connectivity index (χ3v) is 8.41. The first-order valence-corrected chi connectivity index (χ1v) is 14.1. The summed E-state index contributed by atoms with van der Waals surface area (Å²) in [5, 5.41) is 15.2. The molecule has 5 N–H and O–H groups in total. The number of nitrogens with one attached hydrogen (secondary N) is 3. The van der Waals surface area contributed by atoms with Crippen LogP contribution in [0.5, 0.6) is 0 Å². The predicted octanol–water partition coefficient (Wildman–Crippen LogP) is 3.46. The van der Waals surface area contributed by atoms with Gasteiger partial charge in [-0.2, -0.15) is 0 Å². The number of amides is 1. The van der Waals surface area contributed by atoms with Gasteiger partial charge in [0.1, 0.15) is 5.56 Å². The number of ether oxygens (including phenoxy) is 1. The van der Waals surface area contributed by atoms with Crippen LogP contribution in [0.15, 0.2) is 12.4 Å². The Bertz CT molecular complexity index is 1030. The van der Waals surface area contributed by atoms with Crippen LogP contribution in [0.4, 0.5) is 5.82 Å². The van der Waals surface area contributed by atoms with Gasteiger partial charge < -0.3 is 26.4 Å². The molecule has 0 aromatic carbocycles. The van der Waals surface area contributed by atoms with Crippen LogP contribution in [0, 0.1) is 0 Å². The number of nitrogen functional groups attached to an aromatic ring is 1. The smallest absolute Gasteiger partial charge is 0.259 e. The zero-order valence-electron chi connectivity index (χ0n) is 21.1. The Balaban J connectivity index is 1.35. The van der Waals surface area contributed by atoms with Crippen molar-refractivity contribution in [3.05, 3.63) is 23.0 Å². The first-order valence-electron chi connectivity index (χ1n) is 13.7. The van der Waals surface area contributed by atoms with E-state index in [2.05, 4.69) is 26.0 Å². The predicted molar refractivity (Wildman–Crippen MR) is 141 cm³/mol. The quantitative estimate of drug-likeness (QED) is 0.490. The van der Waals surface area contributed by atoms with Crippen LogP contribution < -0.4 is 21.7 Å². The van der Waals surface area contributed by atoms with Crippen molar-refractivity contribution in [1.82, 2.24) is 30.5 Å². The third kappa shape index (κ3) is 5.96. The summed E-state index contributed by atoms with van der Waals surface area (Å²) >= 11 is 6.05. The van der Waals surface area contributed by atoms with Crippen molar-refractivity contribution >= 4 is 29.0 Å². The molecule has 1 saturated carbocycles. The Morgan fingerprint density at radius 2 is 1.83 bits per heavy atom. The van der Waals surface area contributed by atoms with E-state index in [0.717, 1.165) is 32.4 Å². The van der Waals surface area contributed by atoms with Crippen molar-refractivity contribution in [1.29, 1.82) is 0 Å². The lowest BCUT2D eigenvalue weighted by Gasteiger charge is -2.47.